The van der Waals surface area contributed by atoms with Crippen LogP contribution in [0.4, 0.5) is 18.9 Å². The molecule has 1 atom stereocenters. The maximum absolute atomic E-state index is 13.1. The summed E-state index contributed by atoms with van der Waals surface area (Å²) >= 11 is 0. The topological polar surface area (TPSA) is 46.1 Å². The number of aromatic nitrogens is 2. The molecule has 1 aromatic heterocycles. The Morgan fingerprint density at radius 2 is 1.62 bits per heavy atom. The zero-order valence-electron chi connectivity index (χ0n) is 15.9. The summed E-state index contributed by atoms with van der Waals surface area (Å²) in [6.07, 6.45) is 0.861. The van der Waals surface area contributed by atoms with E-state index in [-0.39, 0.29) is 5.91 Å². The van der Waals surface area contributed by atoms with Gasteiger partial charge in [-0.3, -0.25) is 4.79 Å². The number of hydrogen-bond donors (Lipinski definition) is 0. The van der Waals surface area contributed by atoms with Crippen molar-refractivity contribution in [2.24, 2.45) is 0 Å². The number of likely N-dealkylation sites (N-methyl/N-ethyl adjacent to an activating group) is 1. The Bertz CT molecular complexity index is 1060. The zero-order chi connectivity index (χ0) is 20.8. The van der Waals surface area contributed by atoms with Crippen LogP contribution < -0.4 is 4.90 Å². The number of carbonyl (C=O) groups excluding carboxylic acids is 1. The van der Waals surface area contributed by atoms with Gasteiger partial charge in [-0.1, -0.05) is 18.2 Å². The second kappa shape index (κ2) is 6.69. The van der Waals surface area contributed by atoms with Gasteiger partial charge in [-0.15, -0.1) is 0 Å². The minimum Gasteiger partial charge on any atom is -0.314 e. The Morgan fingerprint density at radius 1 is 1.00 bits per heavy atom. The third kappa shape index (κ3) is 3.26. The van der Waals surface area contributed by atoms with Crippen LogP contribution in [-0.4, -0.2) is 22.9 Å². The van der Waals surface area contributed by atoms with Gasteiger partial charge in [0.05, 0.1) is 11.0 Å². The number of fused-ring (bicyclic) bond motifs is 1. The standard InChI is InChI=1S/C22H18F3N3O/c1-21(10-14-11-26-13-27-12-14)18-9-16(5-8-19(18)28(2)20(21)29)15-3-6-17(7-4-15)22(23,24)25/h3-9,11-13H,10H2,1-2H3. The molecule has 0 saturated carbocycles. The molecule has 0 radical (unpaired) electrons. The lowest BCUT2D eigenvalue weighted by molar-refractivity contribution is -0.137. The molecule has 7 heteroatoms. The lowest BCUT2D eigenvalue weighted by Gasteiger charge is -2.23. The van der Waals surface area contributed by atoms with Crippen LogP contribution in [-0.2, 0) is 22.8 Å². The van der Waals surface area contributed by atoms with E-state index in [0.717, 1.165) is 34.5 Å². The molecule has 1 unspecified atom stereocenters. The molecular weight excluding hydrogens is 379 g/mol. The van der Waals surface area contributed by atoms with Crippen LogP contribution >= 0.6 is 0 Å². The monoisotopic (exact) mass is 397 g/mol. The van der Waals surface area contributed by atoms with E-state index in [0.29, 0.717) is 12.0 Å². The van der Waals surface area contributed by atoms with Gasteiger partial charge in [0.25, 0.3) is 0 Å². The fourth-order valence-corrected chi connectivity index (χ4v) is 3.90. The third-order valence-corrected chi connectivity index (χ3v) is 5.45. The van der Waals surface area contributed by atoms with Crippen LogP contribution in [0.1, 0.15) is 23.6 Å². The van der Waals surface area contributed by atoms with Crippen LogP contribution in [0.25, 0.3) is 11.1 Å². The first-order valence-electron chi connectivity index (χ1n) is 9.04. The van der Waals surface area contributed by atoms with E-state index in [1.54, 1.807) is 24.3 Å². The van der Waals surface area contributed by atoms with Crippen LogP contribution in [0.2, 0.25) is 0 Å². The number of hydrogen-bond acceptors (Lipinski definition) is 3. The van der Waals surface area contributed by atoms with Gasteiger partial charge in [-0.2, -0.15) is 13.2 Å². The van der Waals surface area contributed by atoms with E-state index in [9.17, 15) is 18.0 Å². The fourth-order valence-electron chi connectivity index (χ4n) is 3.90. The van der Waals surface area contributed by atoms with Crippen molar-refractivity contribution >= 4 is 11.6 Å². The molecule has 4 rings (SSSR count). The Labute approximate surface area is 166 Å². The van der Waals surface area contributed by atoms with Gasteiger partial charge < -0.3 is 4.90 Å². The summed E-state index contributed by atoms with van der Waals surface area (Å²) in [5, 5.41) is 0. The van der Waals surface area contributed by atoms with Crippen molar-refractivity contribution < 1.29 is 18.0 Å². The number of amides is 1. The smallest absolute Gasteiger partial charge is 0.314 e. The van der Waals surface area contributed by atoms with Crippen molar-refractivity contribution in [2.75, 3.05) is 11.9 Å². The highest BCUT2D eigenvalue weighted by Crippen LogP contribution is 2.44. The number of alkyl halides is 3. The number of halogens is 3. The molecule has 3 aromatic rings. The largest absolute Gasteiger partial charge is 0.416 e. The lowest BCUT2D eigenvalue weighted by atomic mass is 9.78. The first kappa shape index (κ1) is 19.1. The summed E-state index contributed by atoms with van der Waals surface area (Å²) < 4.78 is 38.5. The Hall–Kier alpha value is -3.22. The molecule has 0 N–H and O–H groups in total. The van der Waals surface area contributed by atoms with E-state index in [4.69, 9.17) is 0 Å². The summed E-state index contributed by atoms with van der Waals surface area (Å²) in [6, 6.07) is 10.6. The number of anilines is 1. The minimum absolute atomic E-state index is 0.0408. The molecule has 0 bridgehead atoms. The first-order valence-corrected chi connectivity index (χ1v) is 9.04. The summed E-state index contributed by atoms with van der Waals surface area (Å²) in [4.78, 5) is 22.7. The number of benzene rings is 2. The minimum atomic E-state index is -4.37. The lowest BCUT2D eigenvalue weighted by Crippen LogP contribution is -2.37. The van der Waals surface area contributed by atoms with Gasteiger partial charge in [0.1, 0.15) is 6.33 Å². The van der Waals surface area contributed by atoms with Crippen molar-refractivity contribution in [2.45, 2.75) is 24.9 Å². The molecule has 0 fully saturated rings. The highest BCUT2D eigenvalue weighted by Gasteiger charge is 2.46. The average molecular weight is 397 g/mol. The van der Waals surface area contributed by atoms with Gasteiger partial charge in [-0.25, -0.2) is 9.97 Å². The average Bonchev–Trinajstić information content (AvgIpc) is 2.89. The van der Waals surface area contributed by atoms with E-state index in [1.807, 2.05) is 25.1 Å². The van der Waals surface area contributed by atoms with Crippen LogP contribution in [0.5, 0.6) is 0 Å². The summed E-state index contributed by atoms with van der Waals surface area (Å²) in [6.45, 7) is 1.88. The molecular formula is C22H18F3N3O. The number of carbonyl (C=O) groups is 1. The molecule has 148 valence electrons. The summed E-state index contributed by atoms with van der Waals surface area (Å²) in [5.41, 5.74) is 2.40. The summed E-state index contributed by atoms with van der Waals surface area (Å²) in [5.74, 6) is -0.0408. The van der Waals surface area contributed by atoms with Crippen molar-refractivity contribution in [1.82, 2.24) is 9.97 Å². The number of rotatable bonds is 3. The molecule has 0 saturated heterocycles. The van der Waals surface area contributed by atoms with Gasteiger partial charge in [0.15, 0.2) is 0 Å². The molecule has 0 aliphatic carbocycles. The van der Waals surface area contributed by atoms with Gasteiger partial charge in [0, 0.05) is 25.1 Å². The Balaban J connectivity index is 1.75. The maximum atomic E-state index is 13.1. The fraction of sp³-hybridized carbons (Fsp3) is 0.227. The van der Waals surface area contributed by atoms with Gasteiger partial charge in [-0.05, 0) is 59.9 Å². The molecule has 1 aliphatic rings. The Morgan fingerprint density at radius 3 is 2.24 bits per heavy atom. The SMILES string of the molecule is CN1C(=O)C(C)(Cc2cncnc2)c2cc(-c3ccc(C(F)(F)F)cc3)ccc21. The van der Waals surface area contributed by atoms with Crippen molar-refractivity contribution in [1.29, 1.82) is 0 Å². The van der Waals surface area contributed by atoms with E-state index < -0.39 is 17.2 Å². The molecule has 1 amide bonds. The molecule has 0 spiro atoms. The third-order valence-electron chi connectivity index (χ3n) is 5.45. The second-order valence-electron chi connectivity index (χ2n) is 7.43. The predicted molar refractivity (Wildman–Crippen MR) is 103 cm³/mol. The number of nitrogens with zero attached hydrogens (tertiary/aromatic N) is 3. The van der Waals surface area contributed by atoms with Crippen LogP contribution in [0.15, 0.2) is 61.2 Å². The van der Waals surface area contributed by atoms with Crippen LogP contribution in [0.3, 0.4) is 0 Å². The highest BCUT2D eigenvalue weighted by molar-refractivity contribution is 6.08. The highest BCUT2D eigenvalue weighted by atomic mass is 19.4. The van der Waals surface area contributed by atoms with Gasteiger partial charge >= 0.3 is 6.18 Å². The van der Waals surface area contributed by atoms with Gasteiger partial charge in [0.2, 0.25) is 5.91 Å². The second-order valence-corrected chi connectivity index (χ2v) is 7.43. The normalized spacial score (nSPS) is 18.8. The summed E-state index contributed by atoms with van der Waals surface area (Å²) in [7, 11) is 1.73. The Kier molecular flexibility index (Phi) is 4.41. The van der Waals surface area contributed by atoms with E-state index >= 15 is 0 Å². The molecule has 1 aliphatic heterocycles. The first-order chi connectivity index (χ1) is 13.7. The van der Waals surface area contributed by atoms with Crippen molar-refractivity contribution in [3.63, 3.8) is 0 Å². The molecule has 2 heterocycles. The molecule has 29 heavy (non-hydrogen) atoms. The molecule has 2 aromatic carbocycles. The van der Waals surface area contributed by atoms with E-state index in [2.05, 4.69) is 9.97 Å². The maximum Gasteiger partial charge on any atom is 0.416 e. The van der Waals surface area contributed by atoms with Crippen LogP contribution in [0, 0.1) is 0 Å². The zero-order valence-corrected chi connectivity index (χ0v) is 15.9. The molecule has 4 nitrogen and oxygen atoms in total. The predicted octanol–water partition coefficient (Wildman–Crippen LogP) is 4.64. The van der Waals surface area contributed by atoms with E-state index in [1.165, 1.54) is 18.5 Å². The van der Waals surface area contributed by atoms with Crippen molar-refractivity contribution in [3.05, 3.63) is 77.9 Å². The quantitative estimate of drug-likeness (QED) is 0.647. The van der Waals surface area contributed by atoms with Crippen molar-refractivity contribution in [3.8, 4) is 11.1 Å².